The van der Waals surface area contributed by atoms with E-state index in [1.54, 1.807) is 0 Å². The molecule has 0 unspecified atom stereocenters. The van der Waals surface area contributed by atoms with Crippen LogP contribution in [0.25, 0.3) is 5.69 Å². The highest BCUT2D eigenvalue weighted by Gasteiger charge is 2.04. The van der Waals surface area contributed by atoms with E-state index < -0.39 is 0 Å². The van der Waals surface area contributed by atoms with Crippen LogP contribution in [0.4, 0.5) is 0 Å². The van der Waals surface area contributed by atoms with Crippen molar-refractivity contribution in [3.8, 4) is 5.69 Å². The van der Waals surface area contributed by atoms with E-state index in [1.165, 1.54) is 11.1 Å². The molecule has 0 saturated carbocycles. The zero-order valence-corrected chi connectivity index (χ0v) is 11.2. The molecule has 1 heterocycles. The number of hydrogen-bond donors (Lipinski definition) is 0. The first-order chi connectivity index (χ1) is 7.74. The maximum atomic E-state index is 4.49. The molecule has 0 spiro atoms. The molecule has 1 aromatic carbocycles. The highest BCUT2D eigenvalue weighted by Crippen LogP contribution is 2.15. The summed E-state index contributed by atoms with van der Waals surface area (Å²) in [6.45, 7) is 4.20. The van der Waals surface area contributed by atoms with Crippen LogP contribution < -0.4 is 0 Å². The molecule has 0 aliphatic rings. The van der Waals surface area contributed by atoms with Crippen LogP contribution in [0.2, 0.25) is 0 Å². The molecule has 0 aliphatic heterocycles. The van der Waals surface area contributed by atoms with E-state index in [9.17, 15) is 0 Å². The summed E-state index contributed by atoms with van der Waals surface area (Å²) in [5.74, 6) is 0. The zero-order chi connectivity index (χ0) is 11.5. The van der Waals surface area contributed by atoms with Crippen molar-refractivity contribution in [2.45, 2.75) is 25.6 Å². The number of alkyl halides is 1. The Morgan fingerprint density at radius 1 is 1.25 bits per heavy atom. The van der Waals surface area contributed by atoms with Gasteiger partial charge >= 0.3 is 0 Å². The maximum absolute atomic E-state index is 4.49. The lowest BCUT2D eigenvalue weighted by Gasteiger charge is -2.02. The quantitative estimate of drug-likeness (QED) is 0.784. The van der Waals surface area contributed by atoms with Crippen molar-refractivity contribution >= 4 is 15.9 Å². The number of aryl methyl sites for hydroxylation is 2. The third kappa shape index (κ3) is 2.19. The Morgan fingerprint density at radius 2 is 1.94 bits per heavy atom. The molecule has 0 N–H and O–H groups in total. The summed E-state index contributed by atoms with van der Waals surface area (Å²) in [5.41, 5.74) is 4.79. The lowest BCUT2D eigenvalue weighted by atomic mass is 10.1. The van der Waals surface area contributed by atoms with E-state index in [-0.39, 0.29) is 0 Å². The minimum atomic E-state index is 0.853. The van der Waals surface area contributed by atoms with Gasteiger partial charge in [-0.1, -0.05) is 35.0 Å². The largest absolute Gasteiger partial charge is 0.240 e. The van der Waals surface area contributed by atoms with Crippen molar-refractivity contribution in [1.29, 1.82) is 0 Å². The van der Waals surface area contributed by atoms with Gasteiger partial charge in [-0.05, 0) is 31.0 Å². The fourth-order valence-corrected chi connectivity index (χ4v) is 2.19. The van der Waals surface area contributed by atoms with Crippen LogP contribution >= 0.6 is 15.9 Å². The standard InChI is InChI=1S/C13H15BrN2/c1-3-11-4-6-13(7-5-11)16-9-12(8-14)10(2)15-16/h4-7,9H,3,8H2,1-2H3. The van der Waals surface area contributed by atoms with Gasteiger partial charge in [0, 0.05) is 17.1 Å². The highest BCUT2D eigenvalue weighted by atomic mass is 79.9. The first-order valence-corrected chi connectivity index (χ1v) is 6.57. The summed E-state index contributed by atoms with van der Waals surface area (Å²) in [6, 6.07) is 8.53. The third-order valence-electron chi connectivity index (χ3n) is 2.75. The first-order valence-electron chi connectivity index (χ1n) is 5.45. The molecule has 0 saturated heterocycles. The average Bonchev–Trinajstić information content (AvgIpc) is 2.71. The van der Waals surface area contributed by atoms with Gasteiger partial charge in [0.15, 0.2) is 0 Å². The van der Waals surface area contributed by atoms with Gasteiger partial charge in [0.25, 0.3) is 0 Å². The molecular formula is C13H15BrN2. The number of rotatable bonds is 3. The molecule has 0 radical (unpaired) electrons. The predicted octanol–water partition coefficient (Wildman–Crippen LogP) is 3.64. The summed E-state index contributed by atoms with van der Waals surface area (Å²) < 4.78 is 1.94. The normalized spacial score (nSPS) is 10.7. The van der Waals surface area contributed by atoms with Crippen LogP contribution in [0.1, 0.15) is 23.7 Å². The van der Waals surface area contributed by atoms with Crippen molar-refractivity contribution in [2.24, 2.45) is 0 Å². The van der Waals surface area contributed by atoms with Gasteiger partial charge in [0.2, 0.25) is 0 Å². The highest BCUT2D eigenvalue weighted by molar-refractivity contribution is 9.08. The Bertz CT molecular complexity index is 471. The molecule has 2 aromatic rings. The first kappa shape index (κ1) is 11.4. The Balaban J connectivity index is 2.34. The molecule has 2 rings (SSSR count). The molecule has 1 aromatic heterocycles. The number of nitrogens with zero attached hydrogens (tertiary/aromatic N) is 2. The van der Waals surface area contributed by atoms with Crippen LogP contribution in [0, 0.1) is 6.92 Å². The second kappa shape index (κ2) is 4.83. The topological polar surface area (TPSA) is 17.8 Å². The summed E-state index contributed by atoms with van der Waals surface area (Å²) in [5, 5.41) is 5.35. The Hall–Kier alpha value is -1.09. The van der Waals surface area contributed by atoms with Gasteiger partial charge < -0.3 is 0 Å². The SMILES string of the molecule is CCc1ccc(-n2cc(CBr)c(C)n2)cc1. The van der Waals surface area contributed by atoms with E-state index in [1.807, 2.05) is 11.6 Å². The fourth-order valence-electron chi connectivity index (χ4n) is 1.64. The Kier molecular flexibility index (Phi) is 3.44. The lowest BCUT2D eigenvalue weighted by molar-refractivity contribution is 0.861. The number of benzene rings is 1. The molecule has 2 nitrogen and oxygen atoms in total. The molecule has 3 heteroatoms. The van der Waals surface area contributed by atoms with Crippen LogP contribution in [0.3, 0.4) is 0 Å². The van der Waals surface area contributed by atoms with Crippen molar-refractivity contribution in [2.75, 3.05) is 0 Å². The van der Waals surface area contributed by atoms with Crippen LogP contribution in [0.15, 0.2) is 30.5 Å². The third-order valence-corrected chi connectivity index (χ3v) is 3.36. The average molecular weight is 279 g/mol. The van der Waals surface area contributed by atoms with Crippen molar-refractivity contribution in [3.63, 3.8) is 0 Å². The monoisotopic (exact) mass is 278 g/mol. The van der Waals surface area contributed by atoms with Gasteiger partial charge in [-0.15, -0.1) is 0 Å². The summed E-state index contributed by atoms with van der Waals surface area (Å²) in [4.78, 5) is 0. The minimum Gasteiger partial charge on any atom is -0.240 e. The number of hydrogen-bond acceptors (Lipinski definition) is 1. The van der Waals surface area contributed by atoms with Crippen LogP contribution in [0.5, 0.6) is 0 Å². The number of halogens is 1. The van der Waals surface area contributed by atoms with Crippen LogP contribution in [-0.4, -0.2) is 9.78 Å². The zero-order valence-electron chi connectivity index (χ0n) is 9.57. The smallest absolute Gasteiger partial charge is 0.0645 e. The van der Waals surface area contributed by atoms with Gasteiger partial charge in [0.1, 0.15) is 0 Å². The molecule has 84 valence electrons. The maximum Gasteiger partial charge on any atom is 0.0645 e. The molecule has 0 fully saturated rings. The number of aromatic nitrogens is 2. The minimum absolute atomic E-state index is 0.853. The summed E-state index contributed by atoms with van der Waals surface area (Å²) in [6.07, 6.45) is 3.15. The summed E-state index contributed by atoms with van der Waals surface area (Å²) in [7, 11) is 0. The molecule has 0 aliphatic carbocycles. The van der Waals surface area contributed by atoms with Gasteiger partial charge in [-0.2, -0.15) is 5.10 Å². The fraction of sp³-hybridized carbons (Fsp3) is 0.308. The summed E-state index contributed by atoms with van der Waals surface area (Å²) >= 11 is 3.46. The molecule has 0 bridgehead atoms. The molecule has 16 heavy (non-hydrogen) atoms. The molecule has 0 amide bonds. The van der Waals surface area contributed by atoms with E-state index in [0.29, 0.717) is 0 Å². The van der Waals surface area contributed by atoms with Crippen molar-refractivity contribution < 1.29 is 0 Å². The van der Waals surface area contributed by atoms with Gasteiger partial charge in [-0.25, -0.2) is 4.68 Å². The van der Waals surface area contributed by atoms with Crippen molar-refractivity contribution in [3.05, 3.63) is 47.3 Å². The van der Waals surface area contributed by atoms with Gasteiger partial charge in [0.05, 0.1) is 11.4 Å². The molecule has 0 atom stereocenters. The Labute approximate surface area is 104 Å². The van der Waals surface area contributed by atoms with Gasteiger partial charge in [-0.3, -0.25) is 0 Å². The van der Waals surface area contributed by atoms with E-state index >= 15 is 0 Å². The molecular weight excluding hydrogens is 264 g/mol. The van der Waals surface area contributed by atoms with Crippen LogP contribution in [-0.2, 0) is 11.8 Å². The second-order valence-electron chi connectivity index (χ2n) is 3.84. The second-order valence-corrected chi connectivity index (χ2v) is 4.40. The lowest BCUT2D eigenvalue weighted by Crippen LogP contribution is -1.94. The van der Waals surface area contributed by atoms with E-state index in [4.69, 9.17) is 0 Å². The predicted molar refractivity (Wildman–Crippen MR) is 70.3 cm³/mol. The Morgan fingerprint density at radius 3 is 2.44 bits per heavy atom. The van der Waals surface area contributed by atoms with E-state index in [0.717, 1.165) is 23.1 Å². The van der Waals surface area contributed by atoms with Crippen molar-refractivity contribution in [1.82, 2.24) is 9.78 Å². The van der Waals surface area contributed by atoms with E-state index in [2.05, 4.69) is 58.4 Å².